The number of carbonyl (C=O) groups excluding carboxylic acids is 1. The maximum absolute atomic E-state index is 10.6. The number of nitrogens with two attached hydrogens (primary N) is 1. The predicted molar refractivity (Wildman–Crippen MR) is 63.3 cm³/mol. The highest BCUT2D eigenvalue weighted by molar-refractivity contribution is 5.75. The van der Waals surface area contributed by atoms with Crippen LogP contribution in [0.25, 0.3) is 11.1 Å². The lowest BCUT2D eigenvalue weighted by atomic mass is 10.1. The molecule has 2 N–H and O–H groups in total. The molecule has 5 nitrogen and oxygen atoms in total. The molecule has 0 aliphatic heterocycles. The van der Waals surface area contributed by atoms with Gasteiger partial charge in [-0.05, 0) is 17.7 Å². The SMILES string of the molecule is Cn1cc(-c2cccc(OCC(N)=O)c2)cn1. The second kappa shape index (κ2) is 4.69. The van der Waals surface area contributed by atoms with Gasteiger partial charge in [0.05, 0.1) is 6.20 Å². The van der Waals surface area contributed by atoms with E-state index in [0.29, 0.717) is 5.75 Å². The largest absolute Gasteiger partial charge is 0.484 e. The van der Waals surface area contributed by atoms with E-state index in [0.717, 1.165) is 11.1 Å². The van der Waals surface area contributed by atoms with Crippen LogP contribution in [-0.4, -0.2) is 22.3 Å². The lowest BCUT2D eigenvalue weighted by molar-refractivity contribution is -0.119. The van der Waals surface area contributed by atoms with Crippen molar-refractivity contribution < 1.29 is 9.53 Å². The average molecular weight is 231 g/mol. The van der Waals surface area contributed by atoms with E-state index in [4.69, 9.17) is 10.5 Å². The number of ether oxygens (including phenoxy) is 1. The molecule has 0 aliphatic carbocycles. The summed E-state index contributed by atoms with van der Waals surface area (Å²) >= 11 is 0. The number of aryl methyl sites for hydroxylation is 1. The average Bonchev–Trinajstić information content (AvgIpc) is 2.74. The number of nitrogens with zero attached hydrogens (tertiary/aromatic N) is 2. The summed E-state index contributed by atoms with van der Waals surface area (Å²) in [6, 6.07) is 7.44. The number of benzene rings is 1. The molecule has 1 heterocycles. The molecule has 0 unspecified atom stereocenters. The van der Waals surface area contributed by atoms with Crippen LogP contribution in [0.1, 0.15) is 0 Å². The van der Waals surface area contributed by atoms with Crippen LogP contribution in [0.3, 0.4) is 0 Å². The highest BCUT2D eigenvalue weighted by Gasteiger charge is 2.03. The normalized spacial score (nSPS) is 10.2. The van der Waals surface area contributed by atoms with Gasteiger partial charge < -0.3 is 10.5 Å². The summed E-state index contributed by atoms with van der Waals surface area (Å²) < 4.78 is 6.96. The summed E-state index contributed by atoms with van der Waals surface area (Å²) in [5.74, 6) is 0.127. The van der Waals surface area contributed by atoms with Gasteiger partial charge in [0.25, 0.3) is 5.91 Å². The van der Waals surface area contributed by atoms with Gasteiger partial charge in [-0.2, -0.15) is 5.10 Å². The van der Waals surface area contributed by atoms with Gasteiger partial charge in [-0.3, -0.25) is 9.48 Å². The Balaban J connectivity index is 2.19. The molecule has 88 valence electrons. The predicted octanol–water partition coefficient (Wildman–Crippen LogP) is 0.951. The highest BCUT2D eigenvalue weighted by atomic mass is 16.5. The van der Waals surface area contributed by atoms with Gasteiger partial charge in [0.2, 0.25) is 0 Å². The monoisotopic (exact) mass is 231 g/mol. The number of aromatic nitrogens is 2. The third-order valence-corrected chi connectivity index (χ3v) is 2.25. The zero-order valence-corrected chi connectivity index (χ0v) is 9.46. The van der Waals surface area contributed by atoms with Crippen molar-refractivity contribution in [3.05, 3.63) is 36.7 Å². The zero-order valence-electron chi connectivity index (χ0n) is 9.46. The second-order valence-corrected chi connectivity index (χ2v) is 3.69. The van der Waals surface area contributed by atoms with Crippen LogP contribution in [0.5, 0.6) is 5.75 Å². The number of carbonyl (C=O) groups is 1. The van der Waals surface area contributed by atoms with Crippen LogP contribution in [0.15, 0.2) is 36.7 Å². The maximum Gasteiger partial charge on any atom is 0.255 e. The van der Waals surface area contributed by atoms with Gasteiger partial charge in [-0.15, -0.1) is 0 Å². The van der Waals surface area contributed by atoms with E-state index in [2.05, 4.69) is 5.10 Å². The molecule has 17 heavy (non-hydrogen) atoms. The fraction of sp³-hybridized carbons (Fsp3) is 0.167. The van der Waals surface area contributed by atoms with E-state index < -0.39 is 5.91 Å². The minimum atomic E-state index is -0.489. The first-order valence-electron chi connectivity index (χ1n) is 5.15. The molecule has 0 spiro atoms. The Morgan fingerprint density at radius 1 is 1.47 bits per heavy atom. The first kappa shape index (κ1) is 11.2. The van der Waals surface area contributed by atoms with Gasteiger partial charge in [-0.1, -0.05) is 12.1 Å². The summed E-state index contributed by atoms with van der Waals surface area (Å²) in [6.45, 7) is -0.115. The molecule has 5 heteroatoms. The van der Waals surface area contributed by atoms with Crippen LogP contribution in [0.2, 0.25) is 0 Å². The molecule has 0 atom stereocenters. The van der Waals surface area contributed by atoms with Crippen molar-refractivity contribution in [3.8, 4) is 16.9 Å². The summed E-state index contributed by atoms with van der Waals surface area (Å²) in [6.07, 6.45) is 3.68. The molecule has 1 amide bonds. The summed E-state index contributed by atoms with van der Waals surface area (Å²) in [5, 5.41) is 4.10. The van der Waals surface area contributed by atoms with Gasteiger partial charge in [0.1, 0.15) is 5.75 Å². The number of primary amides is 1. The van der Waals surface area contributed by atoms with Crippen molar-refractivity contribution in [2.45, 2.75) is 0 Å². The van der Waals surface area contributed by atoms with Crippen molar-refractivity contribution in [1.29, 1.82) is 0 Å². The molecule has 0 fully saturated rings. The quantitative estimate of drug-likeness (QED) is 0.851. The lowest BCUT2D eigenvalue weighted by Gasteiger charge is -2.05. The zero-order chi connectivity index (χ0) is 12.3. The van der Waals surface area contributed by atoms with E-state index in [1.807, 2.05) is 31.4 Å². The second-order valence-electron chi connectivity index (χ2n) is 3.69. The first-order valence-corrected chi connectivity index (χ1v) is 5.15. The Labute approximate surface area is 98.8 Å². The van der Waals surface area contributed by atoms with Gasteiger partial charge in [0.15, 0.2) is 6.61 Å². The molecule has 0 bridgehead atoms. The van der Waals surface area contributed by atoms with Crippen LogP contribution in [0.4, 0.5) is 0 Å². The van der Waals surface area contributed by atoms with Crippen molar-refractivity contribution in [2.75, 3.05) is 6.61 Å². The Morgan fingerprint density at radius 3 is 2.94 bits per heavy atom. The third-order valence-electron chi connectivity index (χ3n) is 2.25. The standard InChI is InChI=1S/C12H13N3O2/c1-15-7-10(6-14-15)9-3-2-4-11(5-9)17-8-12(13)16/h2-7H,8H2,1H3,(H2,13,16). The number of hydrogen-bond acceptors (Lipinski definition) is 3. The minimum Gasteiger partial charge on any atom is -0.484 e. The molecule has 2 aromatic rings. The van der Waals surface area contributed by atoms with Gasteiger partial charge in [-0.25, -0.2) is 0 Å². The van der Waals surface area contributed by atoms with Gasteiger partial charge in [0, 0.05) is 18.8 Å². The van der Waals surface area contributed by atoms with E-state index in [1.165, 1.54) is 0 Å². The van der Waals surface area contributed by atoms with Crippen molar-refractivity contribution >= 4 is 5.91 Å². The molecule has 0 saturated carbocycles. The lowest BCUT2D eigenvalue weighted by Crippen LogP contribution is -2.19. The number of hydrogen-bond donors (Lipinski definition) is 1. The fourth-order valence-electron chi connectivity index (χ4n) is 1.49. The topological polar surface area (TPSA) is 70.1 Å². The molecular formula is C12H13N3O2. The van der Waals surface area contributed by atoms with E-state index in [-0.39, 0.29) is 6.61 Å². The summed E-state index contributed by atoms with van der Waals surface area (Å²) in [4.78, 5) is 10.6. The summed E-state index contributed by atoms with van der Waals surface area (Å²) in [7, 11) is 1.86. The van der Waals surface area contributed by atoms with Crippen molar-refractivity contribution in [1.82, 2.24) is 9.78 Å². The van der Waals surface area contributed by atoms with E-state index in [9.17, 15) is 4.79 Å². The van der Waals surface area contributed by atoms with Crippen LogP contribution < -0.4 is 10.5 Å². The summed E-state index contributed by atoms with van der Waals surface area (Å²) in [5.41, 5.74) is 7.00. The van der Waals surface area contributed by atoms with Crippen molar-refractivity contribution in [3.63, 3.8) is 0 Å². The van der Waals surface area contributed by atoms with Crippen LogP contribution >= 0.6 is 0 Å². The number of amides is 1. The van der Waals surface area contributed by atoms with Crippen LogP contribution in [-0.2, 0) is 11.8 Å². The molecule has 0 aliphatic rings. The smallest absolute Gasteiger partial charge is 0.255 e. The van der Waals surface area contributed by atoms with Gasteiger partial charge >= 0.3 is 0 Å². The Bertz CT molecular complexity index is 534. The highest BCUT2D eigenvalue weighted by Crippen LogP contribution is 2.23. The molecular weight excluding hydrogens is 218 g/mol. The molecule has 2 rings (SSSR count). The Hall–Kier alpha value is -2.30. The number of rotatable bonds is 4. The Morgan fingerprint density at radius 2 is 2.29 bits per heavy atom. The molecule has 1 aromatic heterocycles. The fourth-order valence-corrected chi connectivity index (χ4v) is 1.49. The van der Waals surface area contributed by atoms with E-state index >= 15 is 0 Å². The molecule has 1 aromatic carbocycles. The van der Waals surface area contributed by atoms with Crippen molar-refractivity contribution in [2.24, 2.45) is 12.8 Å². The minimum absolute atomic E-state index is 0.115. The van der Waals surface area contributed by atoms with Crippen LogP contribution in [0, 0.1) is 0 Å². The maximum atomic E-state index is 10.6. The molecule has 0 radical (unpaired) electrons. The van der Waals surface area contributed by atoms with E-state index in [1.54, 1.807) is 16.9 Å². The third kappa shape index (κ3) is 2.84. The Kier molecular flexibility index (Phi) is 3.09. The molecule has 0 saturated heterocycles. The first-order chi connectivity index (χ1) is 8.15.